The van der Waals surface area contributed by atoms with Crippen molar-refractivity contribution in [3.8, 4) is 0 Å². The number of nitrogens with zero attached hydrogens (tertiary/aromatic N) is 2. The van der Waals surface area contributed by atoms with Gasteiger partial charge < -0.3 is 11.1 Å². The lowest BCUT2D eigenvalue weighted by Gasteiger charge is -2.16. The van der Waals surface area contributed by atoms with Crippen LogP contribution in [0.3, 0.4) is 0 Å². The van der Waals surface area contributed by atoms with Gasteiger partial charge in [0.2, 0.25) is 17.0 Å². The minimum Gasteiger partial charge on any atom is -0.368 e. The number of alkyl halides is 3. The van der Waals surface area contributed by atoms with Crippen molar-refractivity contribution in [3.63, 3.8) is 0 Å². The molecular formula is C17H14F3N5OS. The fourth-order valence-electron chi connectivity index (χ4n) is 2.30. The Morgan fingerprint density at radius 3 is 2.52 bits per heavy atom. The minimum absolute atomic E-state index is 0.0471. The number of H-pyrrole nitrogens is 1. The molecule has 4 N–H and O–H groups in total. The van der Waals surface area contributed by atoms with Crippen LogP contribution < -0.4 is 11.1 Å². The molecule has 0 aliphatic carbocycles. The van der Waals surface area contributed by atoms with Crippen LogP contribution in [-0.4, -0.2) is 21.1 Å². The summed E-state index contributed by atoms with van der Waals surface area (Å²) in [6.07, 6.45) is -4.50. The molecule has 2 aromatic carbocycles. The van der Waals surface area contributed by atoms with Gasteiger partial charge >= 0.3 is 6.18 Å². The molecule has 0 fully saturated rings. The zero-order chi connectivity index (χ0) is 19.4. The molecular weight excluding hydrogens is 379 g/mol. The van der Waals surface area contributed by atoms with E-state index in [0.29, 0.717) is 5.56 Å². The van der Waals surface area contributed by atoms with E-state index in [1.54, 1.807) is 30.3 Å². The van der Waals surface area contributed by atoms with Gasteiger partial charge in [0.25, 0.3) is 0 Å². The van der Waals surface area contributed by atoms with Gasteiger partial charge in [-0.15, -0.1) is 5.10 Å². The number of nitrogens with one attached hydrogen (secondary N) is 2. The van der Waals surface area contributed by atoms with E-state index in [1.165, 1.54) is 12.1 Å². The molecule has 1 aromatic heterocycles. The van der Waals surface area contributed by atoms with Gasteiger partial charge in [-0.1, -0.05) is 48.2 Å². The number of aromatic amines is 1. The summed E-state index contributed by atoms with van der Waals surface area (Å²) < 4.78 is 38.6. The quantitative estimate of drug-likeness (QED) is 0.572. The van der Waals surface area contributed by atoms with Crippen molar-refractivity contribution in [2.45, 2.75) is 16.6 Å². The van der Waals surface area contributed by atoms with E-state index in [2.05, 4.69) is 20.5 Å². The monoisotopic (exact) mass is 393 g/mol. The van der Waals surface area contributed by atoms with Crippen molar-refractivity contribution < 1.29 is 18.0 Å². The van der Waals surface area contributed by atoms with Crippen LogP contribution in [0.25, 0.3) is 0 Å². The van der Waals surface area contributed by atoms with E-state index in [9.17, 15) is 18.0 Å². The van der Waals surface area contributed by atoms with Gasteiger partial charge in [-0.25, -0.2) is 5.10 Å². The predicted molar refractivity (Wildman–Crippen MR) is 95.9 cm³/mol. The number of benzene rings is 2. The van der Waals surface area contributed by atoms with Crippen LogP contribution in [0.1, 0.15) is 16.4 Å². The smallest absolute Gasteiger partial charge is 0.368 e. The average molecular weight is 393 g/mol. The van der Waals surface area contributed by atoms with Crippen molar-refractivity contribution in [1.29, 1.82) is 0 Å². The summed E-state index contributed by atoms with van der Waals surface area (Å²) >= 11 is 1.03. The van der Waals surface area contributed by atoms with Gasteiger partial charge in [0.15, 0.2) is 0 Å². The molecule has 0 aliphatic rings. The van der Waals surface area contributed by atoms with E-state index < -0.39 is 22.9 Å². The zero-order valence-electron chi connectivity index (χ0n) is 13.7. The number of anilines is 2. The number of thioether (sulfide) groups is 1. The van der Waals surface area contributed by atoms with Crippen LogP contribution in [0.4, 0.5) is 24.8 Å². The van der Waals surface area contributed by atoms with Crippen molar-refractivity contribution in [1.82, 2.24) is 15.2 Å². The van der Waals surface area contributed by atoms with Crippen LogP contribution in [0, 0.1) is 0 Å². The number of carbonyl (C=O) groups is 1. The predicted octanol–water partition coefficient (Wildman–Crippen LogP) is 3.88. The molecule has 10 heteroatoms. The number of halogens is 3. The number of amides is 1. The highest BCUT2D eigenvalue weighted by Gasteiger charge is 2.31. The average Bonchev–Trinajstić information content (AvgIpc) is 3.05. The maximum Gasteiger partial charge on any atom is 0.416 e. The van der Waals surface area contributed by atoms with Gasteiger partial charge in [-0.3, -0.25) is 4.79 Å². The minimum atomic E-state index is -4.50. The van der Waals surface area contributed by atoms with Gasteiger partial charge in [0.1, 0.15) is 5.25 Å². The molecule has 0 unspecified atom stereocenters. The highest BCUT2D eigenvalue weighted by atomic mass is 32.2. The maximum atomic E-state index is 12.9. The molecule has 0 spiro atoms. The summed E-state index contributed by atoms with van der Waals surface area (Å²) in [6.45, 7) is 0. The van der Waals surface area contributed by atoms with Crippen molar-refractivity contribution in [3.05, 3.63) is 65.7 Å². The number of carbonyl (C=O) groups excluding carboxylic acids is 1. The molecule has 140 valence electrons. The molecule has 3 aromatic rings. The Morgan fingerprint density at radius 1 is 1.15 bits per heavy atom. The van der Waals surface area contributed by atoms with E-state index in [-0.39, 0.29) is 16.8 Å². The fraction of sp³-hybridized carbons (Fsp3) is 0.118. The lowest BCUT2D eigenvalue weighted by atomic mass is 10.1. The molecule has 0 radical (unpaired) electrons. The normalized spacial score (nSPS) is 12.6. The van der Waals surface area contributed by atoms with Crippen LogP contribution in [0.2, 0.25) is 0 Å². The third kappa shape index (κ3) is 4.79. The number of aromatic nitrogens is 3. The lowest BCUT2D eigenvalue weighted by Crippen LogP contribution is -2.19. The van der Waals surface area contributed by atoms with Crippen molar-refractivity contribution in [2.24, 2.45) is 0 Å². The summed E-state index contributed by atoms with van der Waals surface area (Å²) in [4.78, 5) is 16.7. The topological polar surface area (TPSA) is 96.7 Å². The van der Waals surface area contributed by atoms with Gasteiger partial charge in [0, 0.05) is 5.69 Å². The van der Waals surface area contributed by atoms with Crippen LogP contribution in [-0.2, 0) is 11.0 Å². The molecule has 3 rings (SSSR count). The SMILES string of the molecule is Nc1nc(S[C@@H](C(=O)Nc2cccc(C(F)(F)F)c2)c2ccccc2)n[nH]1. The Balaban J connectivity index is 1.85. The van der Waals surface area contributed by atoms with E-state index in [1.807, 2.05) is 0 Å². The summed E-state index contributed by atoms with van der Waals surface area (Å²) in [7, 11) is 0. The molecule has 0 saturated carbocycles. The Morgan fingerprint density at radius 2 is 1.89 bits per heavy atom. The van der Waals surface area contributed by atoms with E-state index in [4.69, 9.17) is 5.73 Å². The largest absolute Gasteiger partial charge is 0.416 e. The molecule has 0 saturated heterocycles. The Kier molecular flexibility index (Phi) is 5.36. The summed E-state index contributed by atoms with van der Waals surface area (Å²) in [5, 5.41) is 8.36. The number of nitrogens with two attached hydrogens (primary N) is 1. The molecule has 6 nitrogen and oxygen atoms in total. The first-order valence-corrected chi connectivity index (χ1v) is 8.58. The van der Waals surface area contributed by atoms with Gasteiger partial charge in [-0.2, -0.15) is 18.2 Å². The number of rotatable bonds is 5. The Hall–Kier alpha value is -3.01. The standard InChI is InChI=1S/C17H14F3N5OS/c18-17(19,20)11-7-4-8-12(9-11)22-14(26)13(10-5-2-1-3-6-10)27-16-23-15(21)24-25-16/h1-9,13H,(H,22,26)(H3,21,23,24,25)/t13-/m1/s1. The first-order valence-electron chi connectivity index (χ1n) is 7.70. The second kappa shape index (κ2) is 7.70. The maximum absolute atomic E-state index is 12.9. The van der Waals surface area contributed by atoms with Crippen LogP contribution in [0.15, 0.2) is 59.8 Å². The fourth-order valence-corrected chi connectivity index (χ4v) is 3.22. The van der Waals surface area contributed by atoms with Crippen LogP contribution in [0.5, 0.6) is 0 Å². The second-order valence-corrected chi connectivity index (χ2v) is 6.55. The highest BCUT2D eigenvalue weighted by molar-refractivity contribution is 8.00. The summed E-state index contributed by atoms with van der Waals surface area (Å²) in [5.41, 5.74) is 5.35. The van der Waals surface area contributed by atoms with Crippen molar-refractivity contribution >= 4 is 29.3 Å². The third-order valence-corrected chi connectivity index (χ3v) is 4.62. The third-order valence-electron chi connectivity index (χ3n) is 3.50. The molecule has 1 amide bonds. The molecule has 1 heterocycles. The number of nitrogen functional groups attached to an aromatic ring is 1. The highest BCUT2D eigenvalue weighted by Crippen LogP contribution is 2.35. The molecule has 27 heavy (non-hydrogen) atoms. The summed E-state index contributed by atoms with van der Waals surface area (Å²) in [6, 6.07) is 13.2. The second-order valence-electron chi connectivity index (χ2n) is 5.48. The first-order chi connectivity index (χ1) is 12.8. The number of hydrogen-bond acceptors (Lipinski definition) is 5. The van der Waals surface area contributed by atoms with Crippen LogP contribution >= 0.6 is 11.8 Å². The van der Waals surface area contributed by atoms with E-state index >= 15 is 0 Å². The Bertz CT molecular complexity index is 930. The van der Waals surface area contributed by atoms with Gasteiger partial charge in [-0.05, 0) is 23.8 Å². The molecule has 0 aliphatic heterocycles. The summed E-state index contributed by atoms with van der Waals surface area (Å²) in [5.74, 6) is -0.406. The molecule has 0 bridgehead atoms. The zero-order valence-corrected chi connectivity index (χ0v) is 14.5. The molecule has 1 atom stereocenters. The van der Waals surface area contributed by atoms with Gasteiger partial charge in [0.05, 0.1) is 5.56 Å². The van der Waals surface area contributed by atoms with E-state index in [0.717, 1.165) is 23.9 Å². The lowest BCUT2D eigenvalue weighted by molar-refractivity contribution is -0.137. The van der Waals surface area contributed by atoms with Crippen molar-refractivity contribution in [2.75, 3.05) is 11.1 Å². The Labute approximate surface area is 156 Å². The number of hydrogen-bond donors (Lipinski definition) is 3. The first kappa shape index (κ1) is 18.8.